The molecule has 0 fully saturated rings. The summed E-state index contributed by atoms with van der Waals surface area (Å²) in [7, 11) is 1.72. The van der Waals surface area contributed by atoms with E-state index in [0.717, 1.165) is 12.2 Å². The largest absolute Gasteiger partial charge is 0.496 e. The molecule has 102 valence electrons. The highest BCUT2D eigenvalue weighted by Gasteiger charge is 2.20. The lowest BCUT2D eigenvalue weighted by Crippen LogP contribution is -2.16. The second-order valence-electron chi connectivity index (χ2n) is 5.96. The van der Waals surface area contributed by atoms with E-state index >= 15 is 0 Å². The molecule has 0 saturated heterocycles. The number of benzene rings is 1. The average Bonchev–Trinajstić information content (AvgIpc) is 2.34. The van der Waals surface area contributed by atoms with Crippen molar-refractivity contribution in [3.8, 4) is 5.75 Å². The summed E-state index contributed by atoms with van der Waals surface area (Å²) in [5.41, 5.74) is 8.77. The van der Waals surface area contributed by atoms with Crippen molar-refractivity contribution in [1.82, 2.24) is 0 Å². The number of rotatable bonds is 5. The summed E-state index contributed by atoms with van der Waals surface area (Å²) >= 11 is 0. The van der Waals surface area contributed by atoms with Gasteiger partial charge in [-0.3, -0.25) is 0 Å². The van der Waals surface area contributed by atoms with Crippen LogP contribution in [-0.4, -0.2) is 7.11 Å². The Morgan fingerprint density at radius 3 is 2.44 bits per heavy atom. The van der Waals surface area contributed by atoms with Crippen LogP contribution in [0.3, 0.4) is 0 Å². The van der Waals surface area contributed by atoms with Crippen LogP contribution < -0.4 is 10.5 Å². The fourth-order valence-corrected chi connectivity index (χ4v) is 2.13. The van der Waals surface area contributed by atoms with Crippen molar-refractivity contribution < 1.29 is 4.74 Å². The molecule has 1 aromatic rings. The lowest BCUT2D eigenvalue weighted by molar-refractivity contribution is 0.397. The molecule has 2 nitrogen and oxygen atoms in total. The minimum atomic E-state index is 0.0752. The van der Waals surface area contributed by atoms with Crippen LogP contribution in [0.5, 0.6) is 5.75 Å². The van der Waals surface area contributed by atoms with Gasteiger partial charge in [0.1, 0.15) is 5.75 Å². The van der Waals surface area contributed by atoms with E-state index in [0.29, 0.717) is 0 Å². The Bertz CT molecular complexity index is 379. The SMILES string of the molecule is CCCCC(N)c1ccc(OC)c(C(C)(C)C)c1. The van der Waals surface area contributed by atoms with Gasteiger partial charge in [0.2, 0.25) is 0 Å². The van der Waals surface area contributed by atoms with Gasteiger partial charge in [-0.05, 0) is 29.0 Å². The second kappa shape index (κ2) is 6.24. The Morgan fingerprint density at radius 1 is 1.28 bits per heavy atom. The normalized spacial score (nSPS) is 13.4. The van der Waals surface area contributed by atoms with E-state index in [1.807, 2.05) is 6.07 Å². The van der Waals surface area contributed by atoms with Gasteiger partial charge in [-0.25, -0.2) is 0 Å². The van der Waals surface area contributed by atoms with Crippen molar-refractivity contribution in [2.24, 2.45) is 5.73 Å². The molecule has 0 saturated carbocycles. The van der Waals surface area contributed by atoms with Crippen molar-refractivity contribution in [2.75, 3.05) is 7.11 Å². The smallest absolute Gasteiger partial charge is 0.122 e. The molecule has 1 atom stereocenters. The van der Waals surface area contributed by atoms with Crippen LogP contribution in [0.4, 0.5) is 0 Å². The zero-order chi connectivity index (χ0) is 13.8. The van der Waals surface area contributed by atoms with Crippen molar-refractivity contribution in [1.29, 1.82) is 0 Å². The van der Waals surface area contributed by atoms with Crippen LogP contribution in [0.25, 0.3) is 0 Å². The van der Waals surface area contributed by atoms with Crippen molar-refractivity contribution in [3.63, 3.8) is 0 Å². The molecule has 1 aromatic carbocycles. The molecule has 1 rings (SSSR count). The first-order valence-electron chi connectivity index (χ1n) is 6.84. The minimum absolute atomic E-state index is 0.0752. The molecule has 2 heteroatoms. The maximum Gasteiger partial charge on any atom is 0.122 e. The quantitative estimate of drug-likeness (QED) is 0.849. The molecule has 0 heterocycles. The predicted molar refractivity (Wildman–Crippen MR) is 78.1 cm³/mol. The summed E-state index contributed by atoms with van der Waals surface area (Å²) < 4.78 is 5.45. The molecule has 0 spiro atoms. The van der Waals surface area contributed by atoms with Crippen LogP contribution >= 0.6 is 0 Å². The summed E-state index contributed by atoms with van der Waals surface area (Å²) in [6, 6.07) is 6.48. The van der Waals surface area contributed by atoms with Gasteiger partial charge in [0.15, 0.2) is 0 Å². The highest BCUT2D eigenvalue weighted by molar-refractivity contribution is 5.42. The number of hydrogen-bond donors (Lipinski definition) is 1. The lowest BCUT2D eigenvalue weighted by Gasteiger charge is -2.24. The Hall–Kier alpha value is -1.02. The van der Waals surface area contributed by atoms with Gasteiger partial charge in [-0.1, -0.05) is 52.7 Å². The van der Waals surface area contributed by atoms with E-state index in [9.17, 15) is 0 Å². The topological polar surface area (TPSA) is 35.2 Å². The zero-order valence-corrected chi connectivity index (χ0v) is 12.4. The maximum absolute atomic E-state index is 6.24. The Labute approximate surface area is 112 Å². The highest BCUT2D eigenvalue weighted by Crippen LogP contribution is 2.33. The van der Waals surface area contributed by atoms with Crippen molar-refractivity contribution in [3.05, 3.63) is 29.3 Å². The standard InChI is InChI=1S/C16H27NO/c1-6-7-8-14(17)12-9-10-15(18-5)13(11-12)16(2,3)4/h9-11,14H,6-8,17H2,1-5H3. The summed E-state index contributed by atoms with van der Waals surface area (Å²) in [5.74, 6) is 0.953. The molecule has 0 aliphatic rings. The van der Waals surface area contributed by atoms with Gasteiger partial charge in [-0.2, -0.15) is 0 Å². The van der Waals surface area contributed by atoms with Gasteiger partial charge in [0.25, 0.3) is 0 Å². The van der Waals surface area contributed by atoms with E-state index in [-0.39, 0.29) is 11.5 Å². The molecule has 1 unspecified atom stereocenters. The maximum atomic E-state index is 6.24. The van der Waals surface area contributed by atoms with E-state index in [1.54, 1.807) is 7.11 Å². The van der Waals surface area contributed by atoms with Gasteiger partial charge >= 0.3 is 0 Å². The number of unbranched alkanes of at least 4 members (excludes halogenated alkanes) is 1. The van der Waals surface area contributed by atoms with E-state index in [4.69, 9.17) is 10.5 Å². The second-order valence-corrected chi connectivity index (χ2v) is 5.96. The van der Waals surface area contributed by atoms with Crippen molar-refractivity contribution >= 4 is 0 Å². The molecule has 18 heavy (non-hydrogen) atoms. The van der Waals surface area contributed by atoms with Crippen molar-refractivity contribution in [2.45, 2.75) is 58.4 Å². The van der Waals surface area contributed by atoms with Crippen LogP contribution in [0.2, 0.25) is 0 Å². The summed E-state index contributed by atoms with van der Waals surface area (Å²) in [6.45, 7) is 8.80. The van der Waals surface area contributed by atoms with Gasteiger partial charge in [-0.15, -0.1) is 0 Å². The molecule has 0 aliphatic carbocycles. The van der Waals surface area contributed by atoms with Gasteiger partial charge in [0.05, 0.1) is 7.11 Å². The molecule has 0 amide bonds. The number of ether oxygens (including phenoxy) is 1. The van der Waals surface area contributed by atoms with E-state index < -0.39 is 0 Å². The first-order valence-corrected chi connectivity index (χ1v) is 6.84. The summed E-state index contributed by atoms with van der Waals surface area (Å²) in [4.78, 5) is 0. The third-order valence-electron chi connectivity index (χ3n) is 3.33. The first-order chi connectivity index (χ1) is 8.40. The Balaban J connectivity index is 3.03. The van der Waals surface area contributed by atoms with Crippen LogP contribution in [0.15, 0.2) is 18.2 Å². The molecular weight excluding hydrogens is 222 g/mol. The molecule has 0 radical (unpaired) electrons. The van der Waals surface area contributed by atoms with E-state index in [1.165, 1.54) is 24.0 Å². The fourth-order valence-electron chi connectivity index (χ4n) is 2.13. The van der Waals surface area contributed by atoms with Gasteiger partial charge in [0, 0.05) is 6.04 Å². The predicted octanol–water partition coefficient (Wildman–Crippen LogP) is 4.18. The Morgan fingerprint density at radius 2 is 1.94 bits per heavy atom. The number of methoxy groups -OCH3 is 1. The molecule has 0 aromatic heterocycles. The number of hydrogen-bond acceptors (Lipinski definition) is 2. The molecule has 2 N–H and O–H groups in total. The molecule has 0 bridgehead atoms. The fraction of sp³-hybridized carbons (Fsp3) is 0.625. The van der Waals surface area contributed by atoms with Crippen LogP contribution in [0.1, 0.15) is 64.1 Å². The Kier molecular flexibility index (Phi) is 5.21. The lowest BCUT2D eigenvalue weighted by atomic mass is 9.84. The first kappa shape index (κ1) is 15.0. The van der Waals surface area contributed by atoms with E-state index in [2.05, 4.69) is 39.8 Å². The third kappa shape index (κ3) is 3.74. The monoisotopic (exact) mass is 249 g/mol. The van der Waals surface area contributed by atoms with Gasteiger partial charge < -0.3 is 10.5 Å². The average molecular weight is 249 g/mol. The summed E-state index contributed by atoms with van der Waals surface area (Å²) in [6.07, 6.45) is 3.42. The minimum Gasteiger partial charge on any atom is -0.496 e. The third-order valence-corrected chi connectivity index (χ3v) is 3.33. The highest BCUT2D eigenvalue weighted by atomic mass is 16.5. The molecular formula is C16H27NO. The molecule has 0 aliphatic heterocycles. The summed E-state index contributed by atoms with van der Waals surface area (Å²) in [5, 5.41) is 0. The zero-order valence-electron chi connectivity index (χ0n) is 12.4. The number of nitrogens with two attached hydrogens (primary N) is 1. The van der Waals surface area contributed by atoms with Crippen LogP contribution in [0, 0.1) is 0 Å². The van der Waals surface area contributed by atoms with Crippen LogP contribution in [-0.2, 0) is 5.41 Å².